The minimum absolute atomic E-state index is 0.0361. The second-order valence-corrected chi connectivity index (χ2v) is 5.32. The third-order valence-corrected chi connectivity index (χ3v) is 4.25. The molecule has 2 nitrogen and oxygen atoms in total. The summed E-state index contributed by atoms with van der Waals surface area (Å²) in [6.45, 7) is 4.41. The van der Waals surface area contributed by atoms with Crippen molar-refractivity contribution in [1.29, 1.82) is 0 Å². The van der Waals surface area contributed by atoms with Gasteiger partial charge in [-0.15, -0.1) is 0 Å². The van der Waals surface area contributed by atoms with Gasteiger partial charge in [-0.05, 0) is 26.2 Å². The lowest BCUT2D eigenvalue weighted by atomic mass is 9.82. The summed E-state index contributed by atoms with van der Waals surface area (Å²) in [6, 6.07) is 0. The van der Waals surface area contributed by atoms with Crippen molar-refractivity contribution in [1.82, 2.24) is 10.6 Å². The zero-order valence-electron chi connectivity index (χ0n) is 9.15. The van der Waals surface area contributed by atoms with Crippen LogP contribution >= 0.6 is 12.2 Å². The van der Waals surface area contributed by atoms with Crippen molar-refractivity contribution >= 4 is 17.2 Å². The van der Waals surface area contributed by atoms with Crippen molar-refractivity contribution in [2.45, 2.75) is 63.6 Å². The van der Waals surface area contributed by atoms with E-state index >= 15 is 0 Å². The average Bonchev–Trinajstić information content (AvgIpc) is 2.41. The molecular formula is C11H20N2S. The number of thiocarbonyl (C=S) groups is 1. The van der Waals surface area contributed by atoms with Gasteiger partial charge in [0.25, 0.3) is 0 Å². The first-order valence-corrected chi connectivity index (χ1v) is 6.13. The average molecular weight is 212 g/mol. The summed E-state index contributed by atoms with van der Waals surface area (Å²) in [6.07, 6.45) is 7.51. The second-order valence-electron chi connectivity index (χ2n) is 4.91. The number of hydrogen-bond acceptors (Lipinski definition) is 2. The van der Waals surface area contributed by atoms with E-state index in [1.807, 2.05) is 0 Å². The van der Waals surface area contributed by atoms with Crippen LogP contribution in [-0.4, -0.2) is 16.2 Å². The molecule has 2 N–H and O–H groups in total. The Labute approximate surface area is 91.8 Å². The molecule has 1 unspecified atom stereocenters. The zero-order valence-corrected chi connectivity index (χ0v) is 9.97. The maximum absolute atomic E-state index is 5.49. The van der Waals surface area contributed by atoms with E-state index in [0.717, 1.165) is 11.4 Å². The zero-order chi connectivity index (χ0) is 10.2. The standard InChI is InChI=1S/C11H20N2S/c1-3-10(2)12-9(14)11(13-10)7-5-4-6-8-11/h13H,3-8H2,1-2H3,(H,12,14). The highest BCUT2D eigenvalue weighted by atomic mass is 32.1. The predicted octanol–water partition coefficient (Wildman–Crippen LogP) is 2.34. The summed E-state index contributed by atoms with van der Waals surface area (Å²) < 4.78 is 0. The Bertz CT molecular complexity index is 246. The van der Waals surface area contributed by atoms with Gasteiger partial charge in [-0.2, -0.15) is 0 Å². The van der Waals surface area contributed by atoms with E-state index in [4.69, 9.17) is 12.2 Å². The van der Waals surface area contributed by atoms with Crippen LogP contribution in [0.25, 0.3) is 0 Å². The molecule has 2 fully saturated rings. The van der Waals surface area contributed by atoms with E-state index in [2.05, 4.69) is 24.5 Å². The minimum atomic E-state index is 0.0361. The van der Waals surface area contributed by atoms with Gasteiger partial charge in [0.05, 0.1) is 16.2 Å². The van der Waals surface area contributed by atoms with Crippen LogP contribution in [-0.2, 0) is 0 Å². The SMILES string of the molecule is CCC1(C)NC(=S)C2(CCCCC2)N1. The summed E-state index contributed by atoms with van der Waals surface area (Å²) in [5.41, 5.74) is 0.173. The van der Waals surface area contributed by atoms with Crippen LogP contribution in [0.3, 0.4) is 0 Å². The van der Waals surface area contributed by atoms with E-state index in [9.17, 15) is 0 Å². The van der Waals surface area contributed by atoms with Gasteiger partial charge in [-0.1, -0.05) is 38.4 Å². The van der Waals surface area contributed by atoms with Gasteiger partial charge >= 0.3 is 0 Å². The van der Waals surface area contributed by atoms with Crippen LogP contribution in [0.5, 0.6) is 0 Å². The molecule has 2 rings (SSSR count). The molecule has 0 aromatic carbocycles. The molecule has 0 aromatic rings. The van der Waals surface area contributed by atoms with Crippen LogP contribution in [0.15, 0.2) is 0 Å². The maximum atomic E-state index is 5.49. The van der Waals surface area contributed by atoms with Crippen molar-refractivity contribution < 1.29 is 0 Å². The molecule has 2 aliphatic rings. The van der Waals surface area contributed by atoms with E-state index in [0.29, 0.717) is 0 Å². The van der Waals surface area contributed by atoms with Gasteiger partial charge in [0.2, 0.25) is 0 Å². The molecule has 14 heavy (non-hydrogen) atoms. The Kier molecular flexibility index (Phi) is 2.56. The predicted molar refractivity (Wildman–Crippen MR) is 63.4 cm³/mol. The molecule has 0 aromatic heterocycles. The van der Waals surface area contributed by atoms with Crippen LogP contribution in [0.2, 0.25) is 0 Å². The Morgan fingerprint density at radius 1 is 1.29 bits per heavy atom. The summed E-state index contributed by atoms with van der Waals surface area (Å²) in [7, 11) is 0. The minimum Gasteiger partial charge on any atom is -0.360 e. The molecule has 1 saturated carbocycles. The highest BCUT2D eigenvalue weighted by Crippen LogP contribution is 2.35. The Morgan fingerprint density at radius 2 is 1.93 bits per heavy atom. The second kappa shape index (κ2) is 3.46. The molecule has 1 saturated heterocycles. The summed E-state index contributed by atoms with van der Waals surface area (Å²) >= 11 is 5.49. The van der Waals surface area contributed by atoms with Gasteiger partial charge in [0, 0.05) is 0 Å². The maximum Gasteiger partial charge on any atom is 0.0972 e. The first kappa shape index (κ1) is 10.4. The lowest BCUT2D eigenvalue weighted by molar-refractivity contribution is 0.250. The Morgan fingerprint density at radius 3 is 2.43 bits per heavy atom. The van der Waals surface area contributed by atoms with E-state index in [1.165, 1.54) is 32.1 Å². The normalized spacial score (nSPS) is 36.0. The molecule has 0 radical (unpaired) electrons. The van der Waals surface area contributed by atoms with Gasteiger partial charge in [0.15, 0.2) is 0 Å². The fourth-order valence-electron chi connectivity index (χ4n) is 2.67. The van der Waals surface area contributed by atoms with Crippen LogP contribution < -0.4 is 10.6 Å². The third kappa shape index (κ3) is 1.57. The molecule has 1 spiro atoms. The van der Waals surface area contributed by atoms with Gasteiger partial charge in [-0.3, -0.25) is 5.32 Å². The molecule has 3 heteroatoms. The van der Waals surface area contributed by atoms with Crippen molar-refractivity contribution in [3.63, 3.8) is 0 Å². The highest BCUT2D eigenvalue weighted by molar-refractivity contribution is 7.80. The summed E-state index contributed by atoms with van der Waals surface area (Å²) in [4.78, 5) is 1.06. The largest absolute Gasteiger partial charge is 0.360 e. The number of rotatable bonds is 1. The first-order valence-electron chi connectivity index (χ1n) is 5.72. The molecule has 0 amide bonds. The molecule has 1 atom stereocenters. The molecule has 1 aliphatic heterocycles. The lowest BCUT2D eigenvalue weighted by Gasteiger charge is -2.34. The van der Waals surface area contributed by atoms with E-state index in [1.54, 1.807) is 0 Å². The van der Waals surface area contributed by atoms with Crippen LogP contribution in [0.1, 0.15) is 52.4 Å². The lowest BCUT2D eigenvalue weighted by Crippen LogP contribution is -2.52. The fourth-order valence-corrected chi connectivity index (χ4v) is 3.15. The van der Waals surface area contributed by atoms with Crippen molar-refractivity contribution in [3.8, 4) is 0 Å². The number of hydrogen-bond donors (Lipinski definition) is 2. The van der Waals surface area contributed by atoms with Gasteiger partial charge in [-0.25, -0.2) is 0 Å². The summed E-state index contributed by atoms with van der Waals surface area (Å²) in [5.74, 6) is 0. The summed E-state index contributed by atoms with van der Waals surface area (Å²) in [5, 5.41) is 7.19. The fraction of sp³-hybridized carbons (Fsp3) is 0.909. The van der Waals surface area contributed by atoms with E-state index in [-0.39, 0.29) is 11.2 Å². The number of nitrogens with one attached hydrogen (secondary N) is 2. The van der Waals surface area contributed by atoms with Crippen molar-refractivity contribution in [2.75, 3.05) is 0 Å². The van der Waals surface area contributed by atoms with E-state index < -0.39 is 0 Å². The van der Waals surface area contributed by atoms with Crippen molar-refractivity contribution in [3.05, 3.63) is 0 Å². The van der Waals surface area contributed by atoms with Gasteiger partial charge < -0.3 is 5.32 Å². The Balaban J connectivity index is 2.17. The van der Waals surface area contributed by atoms with Crippen molar-refractivity contribution in [2.24, 2.45) is 0 Å². The molecule has 1 aliphatic carbocycles. The smallest absolute Gasteiger partial charge is 0.0972 e. The monoisotopic (exact) mass is 212 g/mol. The molecule has 80 valence electrons. The van der Waals surface area contributed by atoms with Gasteiger partial charge in [0.1, 0.15) is 0 Å². The third-order valence-electron chi connectivity index (χ3n) is 3.75. The van der Waals surface area contributed by atoms with Crippen LogP contribution in [0, 0.1) is 0 Å². The Hall–Kier alpha value is -0.150. The molecule has 0 bridgehead atoms. The first-order chi connectivity index (χ1) is 6.60. The highest BCUT2D eigenvalue weighted by Gasteiger charge is 2.47. The topological polar surface area (TPSA) is 24.1 Å². The molecule has 1 heterocycles. The molecular weight excluding hydrogens is 192 g/mol. The van der Waals surface area contributed by atoms with Crippen LogP contribution in [0.4, 0.5) is 0 Å². The quantitative estimate of drug-likeness (QED) is 0.652.